The molecule has 0 bridgehead atoms. The van der Waals surface area contributed by atoms with Crippen molar-refractivity contribution in [3.63, 3.8) is 0 Å². The molecule has 0 radical (unpaired) electrons. The maximum absolute atomic E-state index is 12.9. The van der Waals surface area contributed by atoms with Crippen LogP contribution in [0.4, 0.5) is 0 Å². The first-order valence-electron chi connectivity index (χ1n) is 10.4. The number of fused-ring (bicyclic) bond motifs is 1. The fourth-order valence-corrected chi connectivity index (χ4v) is 5.56. The fraction of sp³-hybridized carbons (Fsp3) is 0.292. The molecule has 1 aliphatic rings. The van der Waals surface area contributed by atoms with Crippen LogP contribution in [0, 0.1) is 0 Å². The summed E-state index contributed by atoms with van der Waals surface area (Å²) in [6, 6.07) is 19.6. The molecule has 5 nitrogen and oxygen atoms in total. The van der Waals surface area contributed by atoms with Gasteiger partial charge in [0.1, 0.15) is 0 Å². The number of carbonyl (C=O) groups is 1. The van der Waals surface area contributed by atoms with Gasteiger partial charge in [0, 0.05) is 18.1 Å². The zero-order chi connectivity index (χ0) is 22.0. The van der Waals surface area contributed by atoms with E-state index in [0.717, 1.165) is 23.6 Å². The molecule has 0 aliphatic carbocycles. The molecule has 7 heteroatoms. The minimum Gasteiger partial charge on any atom is -0.341 e. The van der Waals surface area contributed by atoms with E-state index >= 15 is 0 Å². The Kier molecular flexibility index (Phi) is 6.32. The lowest BCUT2D eigenvalue weighted by Crippen LogP contribution is -2.49. The minimum absolute atomic E-state index is 0.129. The van der Waals surface area contributed by atoms with Crippen molar-refractivity contribution in [1.82, 2.24) is 9.62 Å². The van der Waals surface area contributed by atoms with E-state index in [0.29, 0.717) is 24.0 Å². The van der Waals surface area contributed by atoms with Crippen LogP contribution in [0.15, 0.2) is 71.6 Å². The van der Waals surface area contributed by atoms with Gasteiger partial charge < -0.3 is 4.90 Å². The van der Waals surface area contributed by atoms with Crippen LogP contribution in [0.3, 0.4) is 0 Å². The first-order valence-corrected chi connectivity index (χ1v) is 12.2. The average molecular weight is 457 g/mol. The Bertz CT molecular complexity index is 1190. The summed E-state index contributed by atoms with van der Waals surface area (Å²) in [7, 11) is -3.83. The Hall–Kier alpha value is -2.41. The molecule has 0 aromatic heterocycles. The molecule has 0 unspecified atom stereocenters. The minimum atomic E-state index is -3.83. The highest BCUT2D eigenvalue weighted by Gasteiger charge is 2.29. The van der Waals surface area contributed by atoms with Crippen molar-refractivity contribution >= 4 is 38.3 Å². The van der Waals surface area contributed by atoms with Gasteiger partial charge >= 0.3 is 0 Å². The van der Waals surface area contributed by atoms with E-state index in [1.165, 1.54) is 11.6 Å². The normalized spacial score (nSPS) is 16.4. The number of nitrogens with zero attached hydrogens (tertiary/aromatic N) is 1. The van der Waals surface area contributed by atoms with Crippen LogP contribution < -0.4 is 4.72 Å². The second-order valence-corrected chi connectivity index (χ2v) is 10.2. The van der Waals surface area contributed by atoms with E-state index in [1.807, 2.05) is 18.2 Å². The highest BCUT2D eigenvalue weighted by molar-refractivity contribution is 7.89. The number of likely N-dealkylation sites (tertiary alicyclic amines) is 1. The molecule has 0 spiro atoms. The maximum atomic E-state index is 12.9. The predicted octanol–water partition coefficient (Wildman–Crippen LogP) is 4.57. The van der Waals surface area contributed by atoms with Crippen molar-refractivity contribution in [3.8, 4) is 0 Å². The molecule has 1 saturated heterocycles. The molecule has 1 N–H and O–H groups in total. The van der Waals surface area contributed by atoms with Crippen LogP contribution in [0.5, 0.6) is 0 Å². The molecule has 3 aromatic carbocycles. The number of benzene rings is 3. The van der Waals surface area contributed by atoms with Gasteiger partial charge in [-0.3, -0.25) is 4.79 Å². The van der Waals surface area contributed by atoms with Crippen LogP contribution in [-0.2, 0) is 14.8 Å². The number of carbonyl (C=O) groups excluding carboxylic acids is 1. The third kappa shape index (κ3) is 4.92. The third-order valence-corrected chi connectivity index (χ3v) is 7.64. The first kappa shape index (κ1) is 21.8. The molecule has 1 aliphatic heterocycles. The molecule has 1 fully saturated rings. The van der Waals surface area contributed by atoms with Gasteiger partial charge in [-0.25, -0.2) is 8.42 Å². The Morgan fingerprint density at radius 2 is 1.65 bits per heavy atom. The lowest BCUT2D eigenvalue weighted by atomic mass is 9.89. The van der Waals surface area contributed by atoms with Gasteiger partial charge in [-0.2, -0.15) is 4.72 Å². The number of piperidine rings is 1. The highest BCUT2D eigenvalue weighted by atomic mass is 35.5. The summed E-state index contributed by atoms with van der Waals surface area (Å²) in [5.41, 5.74) is 1.29. The summed E-state index contributed by atoms with van der Waals surface area (Å²) in [5.74, 6) is 0.242. The smallest absolute Gasteiger partial charge is 0.241 e. The Morgan fingerprint density at radius 3 is 2.35 bits per heavy atom. The third-order valence-electron chi connectivity index (χ3n) is 5.86. The summed E-state index contributed by atoms with van der Waals surface area (Å²) in [5, 5.41) is 2.22. The lowest BCUT2D eigenvalue weighted by Gasteiger charge is -2.34. The van der Waals surface area contributed by atoms with Crippen LogP contribution in [0.1, 0.15) is 31.2 Å². The summed E-state index contributed by atoms with van der Waals surface area (Å²) in [4.78, 5) is 14.8. The van der Waals surface area contributed by atoms with Crippen molar-refractivity contribution in [3.05, 3.63) is 77.3 Å². The van der Waals surface area contributed by atoms with Crippen molar-refractivity contribution in [1.29, 1.82) is 0 Å². The zero-order valence-electron chi connectivity index (χ0n) is 17.3. The molecule has 1 heterocycles. The number of sulfonamides is 1. The quantitative estimate of drug-likeness (QED) is 0.611. The van der Waals surface area contributed by atoms with Gasteiger partial charge in [0.2, 0.25) is 15.9 Å². The van der Waals surface area contributed by atoms with Gasteiger partial charge in [0.15, 0.2) is 0 Å². The molecule has 4 rings (SSSR count). The van der Waals surface area contributed by atoms with E-state index in [9.17, 15) is 13.2 Å². The van der Waals surface area contributed by atoms with Crippen molar-refractivity contribution in [2.45, 2.75) is 36.6 Å². The number of rotatable bonds is 5. The molecule has 1 amide bonds. The monoisotopic (exact) mass is 456 g/mol. The van der Waals surface area contributed by atoms with Crippen LogP contribution >= 0.6 is 11.6 Å². The first-order chi connectivity index (χ1) is 14.8. The van der Waals surface area contributed by atoms with Gasteiger partial charge in [-0.15, -0.1) is 0 Å². The number of nitrogens with one attached hydrogen (secondary N) is 1. The lowest BCUT2D eigenvalue weighted by molar-refractivity contribution is -0.133. The van der Waals surface area contributed by atoms with Gasteiger partial charge in [-0.1, -0.05) is 54.1 Å². The Labute approximate surface area is 188 Å². The largest absolute Gasteiger partial charge is 0.341 e. The molecular formula is C24H25ClN2O3S. The summed E-state index contributed by atoms with van der Waals surface area (Å²) >= 11 is 6.00. The van der Waals surface area contributed by atoms with Gasteiger partial charge in [-0.05, 0) is 66.3 Å². The molecular weight excluding hydrogens is 432 g/mol. The predicted molar refractivity (Wildman–Crippen MR) is 124 cm³/mol. The maximum Gasteiger partial charge on any atom is 0.241 e. The number of hydrogen-bond donors (Lipinski definition) is 1. The number of halogens is 1. The Morgan fingerprint density at radius 1 is 1.00 bits per heavy atom. The molecule has 0 saturated carbocycles. The van der Waals surface area contributed by atoms with Crippen LogP contribution in [0.2, 0.25) is 5.02 Å². The van der Waals surface area contributed by atoms with Crippen LogP contribution in [0.25, 0.3) is 10.8 Å². The average Bonchev–Trinajstić information content (AvgIpc) is 2.78. The van der Waals surface area contributed by atoms with E-state index in [4.69, 9.17) is 11.6 Å². The number of amides is 1. The van der Waals surface area contributed by atoms with Crippen molar-refractivity contribution in [2.24, 2.45) is 0 Å². The number of hydrogen-bond acceptors (Lipinski definition) is 3. The van der Waals surface area contributed by atoms with Crippen molar-refractivity contribution < 1.29 is 13.2 Å². The summed E-state index contributed by atoms with van der Waals surface area (Å²) < 4.78 is 28.3. The van der Waals surface area contributed by atoms with E-state index < -0.39 is 16.1 Å². The standard InChI is InChI=1S/C24H25ClN2O3S/c1-17(24(28)27-13-11-19(12-14-27)18-5-3-2-4-6-18)26-31(29,30)23-10-8-20-15-22(25)9-7-21(20)16-23/h2-10,15-17,19,26H,11-14H2,1H3/t17-/m0/s1. The van der Waals surface area contributed by atoms with Gasteiger partial charge in [0.25, 0.3) is 0 Å². The summed E-state index contributed by atoms with van der Waals surface area (Å²) in [6.07, 6.45) is 1.75. The molecule has 3 aromatic rings. The molecule has 1 atom stereocenters. The van der Waals surface area contributed by atoms with E-state index in [1.54, 1.807) is 42.2 Å². The topological polar surface area (TPSA) is 66.5 Å². The molecule has 162 valence electrons. The second kappa shape index (κ2) is 8.99. The van der Waals surface area contributed by atoms with Gasteiger partial charge in [0.05, 0.1) is 10.9 Å². The Balaban J connectivity index is 1.41. The zero-order valence-corrected chi connectivity index (χ0v) is 18.9. The van der Waals surface area contributed by atoms with E-state index in [2.05, 4.69) is 16.9 Å². The molecule has 31 heavy (non-hydrogen) atoms. The van der Waals surface area contributed by atoms with Crippen LogP contribution in [-0.4, -0.2) is 38.4 Å². The highest BCUT2D eigenvalue weighted by Crippen LogP contribution is 2.28. The van der Waals surface area contributed by atoms with E-state index in [-0.39, 0.29) is 10.8 Å². The second-order valence-electron chi connectivity index (χ2n) is 8.01. The fourth-order valence-electron chi connectivity index (χ4n) is 4.15. The summed E-state index contributed by atoms with van der Waals surface area (Å²) in [6.45, 7) is 2.85. The SMILES string of the molecule is C[C@H](NS(=O)(=O)c1ccc2cc(Cl)ccc2c1)C(=O)N1CCC(c2ccccc2)CC1. The van der Waals surface area contributed by atoms with Crippen molar-refractivity contribution in [2.75, 3.05) is 13.1 Å².